The molecule has 2 bridgehead atoms. The van der Waals surface area contributed by atoms with E-state index in [1.54, 1.807) is 0 Å². The highest BCUT2D eigenvalue weighted by atomic mass is 16.7. The number of likely N-dealkylation sites (N-methyl/N-ethyl adjacent to an activating group) is 1. The summed E-state index contributed by atoms with van der Waals surface area (Å²) in [5.41, 5.74) is -2.05. The van der Waals surface area contributed by atoms with E-state index in [4.69, 9.17) is 23.7 Å². The van der Waals surface area contributed by atoms with Crippen LogP contribution >= 0.6 is 0 Å². The first-order valence-corrected chi connectivity index (χ1v) is 23.4. The van der Waals surface area contributed by atoms with Gasteiger partial charge in [-0.1, -0.05) is 46.8 Å². The Morgan fingerprint density at radius 3 is 2.29 bits per heavy atom. The summed E-state index contributed by atoms with van der Waals surface area (Å²) in [6, 6.07) is -0.304. The molecule has 4 aliphatic heterocycles. The highest BCUT2D eigenvalue weighted by molar-refractivity contribution is 5.82. The molecule has 15 nitrogen and oxygen atoms in total. The number of aliphatic hydroxyl groups excluding tert-OH is 7. The minimum Gasteiger partial charge on any atom is -0.459 e. The maximum Gasteiger partial charge on any atom is 0.330 e. The summed E-state index contributed by atoms with van der Waals surface area (Å²) < 4.78 is 32.0. The van der Waals surface area contributed by atoms with E-state index < -0.39 is 96.5 Å². The normalized spacial score (nSPS) is 45.6. The highest BCUT2D eigenvalue weighted by Gasteiger charge is 2.51. The number of nitrogens with zero attached hydrogens (tertiary/aromatic N) is 1. The zero-order valence-electron chi connectivity index (χ0n) is 38.9. The number of carbonyl (C=O) groups excluding carboxylic acids is 1. The number of hydrogen-bond donors (Lipinski definition) is 8. The van der Waals surface area contributed by atoms with Crippen LogP contribution in [0, 0.1) is 29.6 Å². The zero-order chi connectivity index (χ0) is 46.1. The summed E-state index contributed by atoms with van der Waals surface area (Å²) in [6.45, 7) is 12.2. The molecule has 0 aromatic carbocycles. The molecule has 0 amide bonds. The number of hydrogen-bond acceptors (Lipinski definition) is 15. The number of rotatable bonds is 9. The second-order valence-corrected chi connectivity index (χ2v) is 19.8. The van der Waals surface area contributed by atoms with E-state index in [9.17, 15) is 45.6 Å². The predicted octanol–water partition coefficient (Wildman–Crippen LogP) is 3.35. The Kier molecular flexibility index (Phi) is 20.3. The lowest BCUT2D eigenvalue weighted by molar-refractivity contribution is -0.342. The van der Waals surface area contributed by atoms with Crippen LogP contribution in [0.3, 0.4) is 0 Å². The molecule has 0 radical (unpaired) electrons. The van der Waals surface area contributed by atoms with Gasteiger partial charge in [0.05, 0.1) is 61.0 Å². The number of carbonyl (C=O) groups is 1. The van der Waals surface area contributed by atoms with E-state index in [1.807, 2.05) is 65.8 Å². The molecule has 0 unspecified atom stereocenters. The fourth-order valence-corrected chi connectivity index (χ4v) is 10.1. The third-order valence-electron chi connectivity index (χ3n) is 14.2. The smallest absolute Gasteiger partial charge is 0.330 e. The number of fused-ring (bicyclic) bond motifs is 2. The highest BCUT2D eigenvalue weighted by Crippen LogP contribution is 2.45. The first-order chi connectivity index (χ1) is 29.1. The SMILES string of the molecule is CC[C@@H](O)C[C@H]1CCC[C@@]2(C[C@@H]3OC(=O)/C=C/[C@@](C)(O)[C@@H](O)[C@H](C)[C@@H](O)[C@H](O[C@H]4C[C@H](O)[C@H](N(C)C)[C@H](C)O4)[C@@H](O)[C@@H](C)CCC/C=C/[C@H](C[C@H](C)CO)[C@H](O)C[C@H](O2)[C@H]3C)O1. The van der Waals surface area contributed by atoms with Gasteiger partial charge in [-0.2, -0.15) is 0 Å². The molecule has 8 N–H and O–H groups in total. The van der Waals surface area contributed by atoms with Gasteiger partial charge in [0.1, 0.15) is 17.8 Å². The van der Waals surface area contributed by atoms with Crippen LogP contribution < -0.4 is 0 Å². The lowest BCUT2D eigenvalue weighted by Gasteiger charge is -2.51. The van der Waals surface area contributed by atoms with Gasteiger partial charge in [-0.3, -0.25) is 0 Å². The third kappa shape index (κ3) is 14.2. The quantitative estimate of drug-likeness (QED) is 0.123. The fraction of sp³-hybridized carbons (Fsp3) is 0.894. The van der Waals surface area contributed by atoms with Gasteiger partial charge in [0, 0.05) is 56.1 Å². The Morgan fingerprint density at radius 2 is 1.65 bits per heavy atom. The van der Waals surface area contributed by atoms with Gasteiger partial charge in [-0.15, -0.1) is 0 Å². The molecule has 3 saturated heterocycles. The van der Waals surface area contributed by atoms with Crippen molar-refractivity contribution < 1.29 is 69.3 Å². The molecule has 0 aromatic heterocycles. The first-order valence-electron chi connectivity index (χ1n) is 23.4. The van der Waals surface area contributed by atoms with Gasteiger partial charge in [-0.05, 0) is 97.2 Å². The van der Waals surface area contributed by atoms with E-state index in [0.29, 0.717) is 44.9 Å². The summed E-state index contributed by atoms with van der Waals surface area (Å²) in [7, 11) is 3.69. The van der Waals surface area contributed by atoms with E-state index in [-0.39, 0.29) is 55.8 Å². The van der Waals surface area contributed by atoms with Gasteiger partial charge in [0.25, 0.3) is 0 Å². The van der Waals surface area contributed by atoms with Crippen LogP contribution in [0.4, 0.5) is 0 Å². The van der Waals surface area contributed by atoms with Crippen molar-refractivity contribution in [2.24, 2.45) is 29.6 Å². The molecule has 62 heavy (non-hydrogen) atoms. The number of esters is 1. The monoisotopic (exact) mass is 886 g/mol. The van der Waals surface area contributed by atoms with Crippen LogP contribution in [0.25, 0.3) is 0 Å². The maximum atomic E-state index is 13.6. The first kappa shape index (κ1) is 53.0. The Labute approximate surface area is 370 Å². The molecular weight excluding hydrogens is 803 g/mol. The zero-order valence-corrected chi connectivity index (χ0v) is 38.9. The third-order valence-corrected chi connectivity index (χ3v) is 14.2. The maximum absolute atomic E-state index is 13.6. The van der Waals surface area contributed by atoms with Crippen molar-refractivity contribution in [2.75, 3.05) is 20.7 Å². The van der Waals surface area contributed by atoms with Crippen molar-refractivity contribution in [1.29, 1.82) is 0 Å². The van der Waals surface area contributed by atoms with Crippen molar-refractivity contribution >= 4 is 5.97 Å². The molecule has 4 rings (SSSR count). The lowest BCUT2D eigenvalue weighted by Crippen LogP contribution is -2.57. The molecule has 360 valence electrons. The fourth-order valence-electron chi connectivity index (χ4n) is 10.1. The molecule has 20 atom stereocenters. The van der Waals surface area contributed by atoms with Crippen LogP contribution in [-0.2, 0) is 28.5 Å². The van der Waals surface area contributed by atoms with Gasteiger partial charge < -0.3 is 69.4 Å². The van der Waals surface area contributed by atoms with Gasteiger partial charge in [-0.25, -0.2) is 4.79 Å². The van der Waals surface area contributed by atoms with Gasteiger partial charge >= 0.3 is 5.97 Å². The Balaban J connectivity index is 1.67. The van der Waals surface area contributed by atoms with Crippen LogP contribution in [0.5, 0.6) is 0 Å². The Hall–Kier alpha value is -1.57. The van der Waals surface area contributed by atoms with Gasteiger partial charge in [0.15, 0.2) is 12.1 Å². The second-order valence-electron chi connectivity index (χ2n) is 19.8. The van der Waals surface area contributed by atoms with Crippen LogP contribution in [0.15, 0.2) is 24.3 Å². The predicted molar refractivity (Wildman–Crippen MR) is 232 cm³/mol. The van der Waals surface area contributed by atoms with E-state index in [2.05, 4.69) is 0 Å². The van der Waals surface area contributed by atoms with Crippen LogP contribution in [0.2, 0.25) is 0 Å². The number of aliphatic hydroxyl groups is 8. The summed E-state index contributed by atoms with van der Waals surface area (Å²) in [4.78, 5) is 15.5. The summed E-state index contributed by atoms with van der Waals surface area (Å²) in [5, 5.41) is 90.3. The van der Waals surface area contributed by atoms with E-state index >= 15 is 0 Å². The van der Waals surface area contributed by atoms with Crippen molar-refractivity contribution in [3.05, 3.63) is 24.3 Å². The average molecular weight is 886 g/mol. The minimum atomic E-state index is -2.05. The second kappa shape index (κ2) is 23.7. The van der Waals surface area contributed by atoms with Crippen molar-refractivity contribution in [2.45, 2.75) is 216 Å². The van der Waals surface area contributed by atoms with Crippen LogP contribution in [-0.4, -0.2) is 163 Å². The Bertz CT molecular complexity index is 1400. The topological polar surface area (TPSA) is 228 Å². The molecule has 0 aliphatic carbocycles. The molecule has 1 spiro atoms. The molecule has 4 aliphatic rings. The molecular formula is C47H83NO14. The van der Waals surface area contributed by atoms with Crippen molar-refractivity contribution in [3.63, 3.8) is 0 Å². The largest absolute Gasteiger partial charge is 0.459 e. The minimum absolute atomic E-state index is 0.0477. The standard InChI is InChI=1S/C47H83NO14/c1-10-33(50)22-34-17-14-19-47(61-34)25-38-29(4)37(62-47)23-35(51)32(21-27(2)26-49)16-13-11-12-15-28(3)42(54)44(60-40-24-36(52)41(48(8)9)31(6)58-40)43(55)30(5)45(56)46(7,57)20-18-39(53)59-38/h13,16,18,20,27-38,40-45,49-52,54-57H,10-12,14-15,17,19,21-26H2,1-9H3/b16-13+,20-18+/t27-,28-,29+,30+,31-,32+,33+,34+,35+,36-,37-,38-,40-,41+,42-,43+,44+,45-,46+,47+/m0/s1. The Morgan fingerprint density at radius 1 is 0.935 bits per heavy atom. The van der Waals surface area contributed by atoms with E-state index in [1.165, 1.54) is 13.8 Å². The summed E-state index contributed by atoms with van der Waals surface area (Å²) in [5.74, 6) is -4.22. The van der Waals surface area contributed by atoms with Crippen molar-refractivity contribution in [3.8, 4) is 0 Å². The molecule has 15 heteroatoms. The van der Waals surface area contributed by atoms with E-state index in [0.717, 1.165) is 25.0 Å². The van der Waals surface area contributed by atoms with Crippen LogP contribution in [0.1, 0.15) is 126 Å². The molecule has 0 aromatic rings. The number of allylic oxidation sites excluding steroid dienone is 1. The molecule has 0 saturated carbocycles. The molecule has 3 fully saturated rings. The summed E-state index contributed by atoms with van der Waals surface area (Å²) >= 11 is 0. The van der Waals surface area contributed by atoms with Gasteiger partial charge in [0.2, 0.25) is 0 Å². The number of ether oxygens (including phenoxy) is 5. The summed E-state index contributed by atoms with van der Waals surface area (Å²) in [6.07, 6.45) is 1.07. The lowest BCUT2D eigenvalue weighted by atomic mass is 9.80. The van der Waals surface area contributed by atoms with Crippen molar-refractivity contribution in [1.82, 2.24) is 4.90 Å². The average Bonchev–Trinajstić information content (AvgIpc) is 3.21. The molecule has 4 heterocycles.